The normalized spacial score (nSPS) is 32.3. The van der Waals surface area contributed by atoms with Crippen LogP contribution < -0.4 is 10.0 Å². The molecule has 126 valence electrons. The lowest BCUT2D eigenvalue weighted by molar-refractivity contribution is 0.195. The van der Waals surface area contributed by atoms with Crippen molar-refractivity contribution in [2.45, 2.75) is 50.2 Å². The molecule has 3 rings (SSSR count). The highest BCUT2D eigenvalue weighted by atomic mass is 32.2. The summed E-state index contributed by atoms with van der Waals surface area (Å²) in [5, 5.41) is 2.74. The maximum Gasteiger partial charge on any atom is 0.317 e. The maximum atomic E-state index is 12.3. The van der Waals surface area contributed by atoms with Crippen molar-refractivity contribution in [1.29, 1.82) is 0 Å². The van der Waals surface area contributed by atoms with Crippen molar-refractivity contribution in [3.8, 4) is 0 Å². The molecule has 2 N–H and O–H groups in total. The predicted molar refractivity (Wildman–Crippen MR) is 85.0 cm³/mol. The molecule has 0 spiro atoms. The van der Waals surface area contributed by atoms with E-state index in [1.165, 1.54) is 32.1 Å². The number of sulfonamides is 1. The molecule has 0 aromatic rings. The number of carbonyl (C=O) groups is 1. The first kappa shape index (κ1) is 16.1. The molecule has 2 atom stereocenters. The van der Waals surface area contributed by atoms with E-state index in [4.69, 9.17) is 0 Å². The quantitative estimate of drug-likeness (QED) is 0.801. The predicted octanol–water partition coefficient (Wildman–Crippen LogP) is 1.29. The summed E-state index contributed by atoms with van der Waals surface area (Å²) < 4.78 is 26.5. The molecule has 1 saturated carbocycles. The van der Waals surface area contributed by atoms with Crippen molar-refractivity contribution < 1.29 is 13.2 Å². The van der Waals surface area contributed by atoms with Gasteiger partial charge >= 0.3 is 6.03 Å². The first-order valence-corrected chi connectivity index (χ1v) is 10.1. The number of carbonyl (C=O) groups excluding carboxylic acids is 1. The van der Waals surface area contributed by atoms with Gasteiger partial charge in [-0.05, 0) is 37.5 Å². The van der Waals surface area contributed by atoms with E-state index in [0.29, 0.717) is 32.0 Å². The summed E-state index contributed by atoms with van der Waals surface area (Å²) in [6.45, 7) is 2.50. The summed E-state index contributed by atoms with van der Waals surface area (Å²) in [4.78, 5) is 14.1. The van der Waals surface area contributed by atoms with Gasteiger partial charge in [-0.25, -0.2) is 17.9 Å². The summed E-state index contributed by atoms with van der Waals surface area (Å²) in [7, 11) is -3.16. The molecule has 1 aliphatic carbocycles. The number of fused-ring (bicyclic) bond motifs is 1. The van der Waals surface area contributed by atoms with Gasteiger partial charge in [0.15, 0.2) is 0 Å². The molecule has 0 aromatic heterocycles. The minimum atomic E-state index is -3.16. The van der Waals surface area contributed by atoms with Crippen LogP contribution in [0.5, 0.6) is 0 Å². The topological polar surface area (TPSA) is 78.5 Å². The number of hydrogen-bond donors (Lipinski definition) is 2. The standard InChI is InChI=1S/C15H27N3O3S/c19-15(16-10-12-4-2-1-3-5-12)18-8-6-13-11-17-22(20,21)14(13)7-9-18/h12-14,17H,1-11H2,(H,16,19)/t13-,14-/m1/s1. The van der Waals surface area contributed by atoms with Gasteiger partial charge in [0.25, 0.3) is 0 Å². The lowest BCUT2D eigenvalue weighted by Gasteiger charge is -2.25. The molecular formula is C15H27N3O3S. The van der Waals surface area contributed by atoms with E-state index in [0.717, 1.165) is 13.0 Å². The summed E-state index contributed by atoms with van der Waals surface area (Å²) in [5.41, 5.74) is 0. The van der Waals surface area contributed by atoms with Crippen LogP contribution in [0.3, 0.4) is 0 Å². The van der Waals surface area contributed by atoms with E-state index in [-0.39, 0.29) is 17.2 Å². The van der Waals surface area contributed by atoms with E-state index in [1.807, 2.05) is 0 Å². The van der Waals surface area contributed by atoms with E-state index < -0.39 is 10.0 Å². The second-order valence-corrected chi connectivity index (χ2v) is 8.93. The molecule has 6 nitrogen and oxygen atoms in total. The summed E-state index contributed by atoms with van der Waals surface area (Å²) in [5.74, 6) is 0.773. The minimum Gasteiger partial charge on any atom is -0.338 e. The summed E-state index contributed by atoms with van der Waals surface area (Å²) in [6, 6.07) is -0.0177. The van der Waals surface area contributed by atoms with Crippen LogP contribution in [0.15, 0.2) is 0 Å². The van der Waals surface area contributed by atoms with Gasteiger partial charge in [-0.3, -0.25) is 0 Å². The van der Waals surface area contributed by atoms with Crippen LogP contribution >= 0.6 is 0 Å². The Bertz CT molecular complexity index is 502. The minimum absolute atomic E-state index is 0.0177. The molecule has 2 aliphatic heterocycles. The van der Waals surface area contributed by atoms with Gasteiger partial charge in [0, 0.05) is 26.2 Å². The third-order valence-electron chi connectivity index (χ3n) is 5.48. The number of rotatable bonds is 2. The molecule has 3 fully saturated rings. The van der Waals surface area contributed by atoms with Crippen LogP contribution in [-0.2, 0) is 10.0 Å². The molecule has 0 radical (unpaired) electrons. The van der Waals surface area contributed by atoms with Crippen LogP contribution in [0.2, 0.25) is 0 Å². The SMILES string of the molecule is O=C(NCC1CCCCC1)N1CC[C@@H]2CNS(=O)(=O)[C@@H]2CC1. The third-order valence-corrected chi connectivity index (χ3v) is 7.47. The molecule has 3 aliphatic rings. The van der Waals surface area contributed by atoms with Crippen LogP contribution in [0.25, 0.3) is 0 Å². The highest BCUT2D eigenvalue weighted by Crippen LogP contribution is 2.28. The van der Waals surface area contributed by atoms with E-state index in [2.05, 4.69) is 10.0 Å². The van der Waals surface area contributed by atoms with Crippen LogP contribution in [0, 0.1) is 11.8 Å². The average Bonchev–Trinajstić information content (AvgIpc) is 2.70. The number of hydrogen-bond acceptors (Lipinski definition) is 3. The van der Waals surface area contributed by atoms with Crippen molar-refractivity contribution in [3.05, 3.63) is 0 Å². The second-order valence-electron chi connectivity index (χ2n) is 6.95. The monoisotopic (exact) mass is 329 g/mol. The van der Waals surface area contributed by atoms with Crippen LogP contribution in [0.1, 0.15) is 44.9 Å². The Morgan fingerprint density at radius 3 is 2.59 bits per heavy atom. The van der Waals surface area contributed by atoms with Crippen molar-refractivity contribution in [3.63, 3.8) is 0 Å². The second kappa shape index (κ2) is 6.74. The summed E-state index contributed by atoms with van der Waals surface area (Å²) >= 11 is 0. The number of likely N-dealkylation sites (tertiary alicyclic amines) is 1. The largest absolute Gasteiger partial charge is 0.338 e. The zero-order valence-electron chi connectivity index (χ0n) is 13.1. The maximum absolute atomic E-state index is 12.3. The Hall–Kier alpha value is -0.820. The number of nitrogens with one attached hydrogen (secondary N) is 2. The Morgan fingerprint density at radius 1 is 1.09 bits per heavy atom. The van der Waals surface area contributed by atoms with Gasteiger partial charge in [0.05, 0.1) is 5.25 Å². The third kappa shape index (κ3) is 3.56. The average molecular weight is 329 g/mol. The molecule has 22 heavy (non-hydrogen) atoms. The first-order chi connectivity index (χ1) is 10.6. The van der Waals surface area contributed by atoms with Gasteiger partial charge in [0.2, 0.25) is 10.0 Å². The zero-order valence-corrected chi connectivity index (χ0v) is 13.9. The molecule has 2 heterocycles. The van der Waals surface area contributed by atoms with Crippen molar-refractivity contribution in [2.24, 2.45) is 11.8 Å². The molecular weight excluding hydrogens is 302 g/mol. The Labute approximate surface area is 133 Å². The molecule has 2 saturated heterocycles. The van der Waals surface area contributed by atoms with Gasteiger partial charge in [-0.15, -0.1) is 0 Å². The van der Waals surface area contributed by atoms with E-state index in [9.17, 15) is 13.2 Å². The van der Waals surface area contributed by atoms with Gasteiger partial charge in [-0.2, -0.15) is 0 Å². The smallest absolute Gasteiger partial charge is 0.317 e. The van der Waals surface area contributed by atoms with Crippen molar-refractivity contribution in [2.75, 3.05) is 26.2 Å². The Balaban J connectivity index is 1.49. The Morgan fingerprint density at radius 2 is 1.82 bits per heavy atom. The highest BCUT2D eigenvalue weighted by molar-refractivity contribution is 7.90. The fourth-order valence-corrected chi connectivity index (χ4v) is 5.86. The van der Waals surface area contributed by atoms with Gasteiger partial charge in [0.1, 0.15) is 0 Å². The number of nitrogens with zero attached hydrogens (tertiary/aromatic N) is 1. The number of amides is 2. The molecule has 0 aromatic carbocycles. The van der Waals surface area contributed by atoms with Crippen LogP contribution in [0.4, 0.5) is 4.79 Å². The molecule has 0 unspecified atom stereocenters. The number of urea groups is 1. The van der Waals surface area contributed by atoms with E-state index in [1.54, 1.807) is 4.90 Å². The fourth-order valence-electron chi connectivity index (χ4n) is 4.05. The van der Waals surface area contributed by atoms with Gasteiger partial charge in [-0.1, -0.05) is 19.3 Å². The molecule has 2 amide bonds. The van der Waals surface area contributed by atoms with Gasteiger partial charge < -0.3 is 10.2 Å². The first-order valence-electron chi connectivity index (χ1n) is 8.57. The Kier molecular flexibility index (Phi) is 4.92. The fraction of sp³-hybridized carbons (Fsp3) is 0.933. The van der Waals surface area contributed by atoms with Crippen LogP contribution in [-0.4, -0.2) is 50.8 Å². The lowest BCUT2D eigenvalue weighted by Crippen LogP contribution is -2.43. The zero-order chi connectivity index (χ0) is 15.6. The molecule has 7 heteroatoms. The highest BCUT2D eigenvalue weighted by Gasteiger charge is 2.41. The lowest BCUT2D eigenvalue weighted by atomic mass is 9.89. The van der Waals surface area contributed by atoms with E-state index >= 15 is 0 Å². The van der Waals surface area contributed by atoms with Crippen molar-refractivity contribution in [1.82, 2.24) is 14.9 Å². The summed E-state index contributed by atoms with van der Waals surface area (Å²) in [6.07, 6.45) is 7.63. The molecule has 0 bridgehead atoms. The van der Waals surface area contributed by atoms with Crippen molar-refractivity contribution >= 4 is 16.1 Å².